The van der Waals surface area contributed by atoms with Crippen molar-refractivity contribution in [3.63, 3.8) is 0 Å². The summed E-state index contributed by atoms with van der Waals surface area (Å²) in [6, 6.07) is 0. The fourth-order valence-electron chi connectivity index (χ4n) is 2.29. The molecule has 0 bridgehead atoms. The summed E-state index contributed by atoms with van der Waals surface area (Å²) in [5, 5.41) is 17.5. The van der Waals surface area contributed by atoms with Crippen LogP contribution in [0.1, 0.15) is 12.8 Å². The van der Waals surface area contributed by atoms with Crippen LogP contribution >= 0.6 is 11.8 Å². The van der Waals surface area contributed by atoms with Crippen LogP contribution < -0.4 is 4.90 Å². The van der Waals surface area contributed by atoms with E-state index in [1.54, 1.807) is 0 Å². The fraction of sp³-hybridized carbons (Fsp3) is 0.750. The highest BCUT2D eigenvalue weighted by molar-refractivity contribution is 7.99. The summed E-state index contributed by atoms with van der Waals surface area (Å²) in [5.41, 5.74) is 0. The van der Waals surface area contributed by atoms with E-state index in [0.29, 0.717) is 11.1 Å². The molecule has 1 aromatic rings. The monoisotopic (exact) mass is 300 g/mol. The Bertz CT molecular complexity index is 460. The zero-order chi connectivity index (χ0) is 14.5. The summed E-state index contributed by atoms with van der Waals surface area (Å²) in [6.07, 6.45) is 2.14. The zero-order valence-electron chi connectivity index (χ0n) is 11.8. The van der Waals surface area contributed by atoms with E-state index in [-0.39, 0.29) is 5.75 Å². The van der Waals surface area contributed by atoms with Crippen molar-refractivity contribution in [2.45, 2.75) is 18.0 Å². The van der Waals surface area contributed by atoms with Crippen molar-refractivity contribution in [2.75, 3.05) is 37.5 Å². The lowest BCUT2D eigenvalue weighted by atomic mass is 10.0. The first kappa shape index (κ1) is 15.1. The molecular formula is C12H20N4O3S. The fourth-order valence-corrected chi connectivity index (χ4v) is 2.92. The first-order chi connectivity index (χ1) is 9.58. The maximum Gasteiger partial charge on any atom is 0.313 e. The van der Waals surface area contributed by atoms with E-state index in [1.807, 2.05) is 18.7 Å². The maximum atomic E-state index is 10.6. The third kappa shape index (κ3) is 3.86. The highest BCUT2D eigenvalue weighted by Gasteiger charge is 2.19. The molecule has 7 nitrogen and oxygen atoms in total. The highest BCUT2D eigenvalue weighted by Crippen LogP contribution is 2.22. The smallest absolute Gasteiger partial charge is 0.313 e. The molecule has 1 saturated heterocycles. The number of carboxylic acid groups (broad SMARTS) is 1. The third-order valence-electron chi connectivity index (χ3n) is 3.35. The molecule has 0 radical (unpaired) electrons. The summed E-state index contributed by atoms with van der Waals surface area (Å²) in [7, 11) is 3.85. The summed E-state index contributed by atoms with van der Waals surface area (Å²) in [6.45, 7) is 2.58. The van der Waals surface area contributed by atoms with Crippen LogP contribution in [0.15, 0.2) is 5.16 Å². The van der Waals surface area contributed by atoms with Gasteiger partial charge in [-0.2, -0.15) is 0 Å². The van der Waals surface area contributed by atoms with E-state index in [9.17, 15) is 4.79 Å². The number of rotatable bonds is 6. The van der Waals surface area contributed by atoms with E-state index in [1.165, 1.54) is 11.8 Å². The van der Waals surface area contributed by atoms with Gasteiger partial charge < -0.3 is 14.7 Å². The Hall–Kier alpha value is -1.28. The standard InChI is InChI=1S/C12H20N4O3S/c1-15(7-9-3-5-19-6-4-9)11-13-14-12(16(11)2)20-8-10(17)18/h9H,3-8H2,1-2H3,(H,17,18). The van der Waals surface area contributed by atoms with Crippen molar-refractivity contribution in [2.24, 2.45) is 13.0 Å². The van der Waals surface area contributed by atoms with E-state index >= 15 is 0 Å². The molecule has 0 spiro atoms. The van der Waals surface area contributed by atoms with Crippen molar-refractivity contribution in [1.29, 1.82) is 0 Å². The van der Waals surface area contributed by atoms with Gasteiger partial charge in [0, 0.05) is 33.9 Å². The molecule has 0 unspecified atom stereocenters. The van der Waals surface area contributed by atoms with Gasteiger partial charge in [0.15, 0.2) is 5.16 Å². The summed E-state index contributed by atoms with van der Waals surface area (Å²) in [4.78, 5) is 12.7. The van der Waals surface area contributed by atoms with E-state index in [4.69, 9.17) is 9.84 Å². The van der Waals surface area contributed by atoms with Crippen LogP contribution in [0.2, 0.25) is 0 Å². The van der Waals surface area contributed by atoms with Gasteiger partial charge in [0.1, 0.15) is 0 Å². The number of aliphatic carboxylic acids is 1. The number of thioether (sulfide) groups is 1. The molecule has 0 atom stereocenters. The van der Waals surface area contributed by atoms with E-state index in [2.05, 4.69) is 15.1 Å². The molecule has 1 aliphatic heterocycles. The molecule has 0 saturated carbocycles. The van der Waals surface area contributed by atoms with Crippen molar-refractivity contribution in [3.05, 3.63) is 0 Å². The number of hydrogen-bond acceptors (Lipinski definition) is 6. The summed E-state index contributed by atoms with van der Waals surface area (Å²) >= 11 is 1.18. The quantitative estimate of drug-likeness (QED) is 0.780. The lowest BCUT2D eigenvalue weighted by Gasteiger charge is -2.27. The largest absolute Gasteiger partial charge is 0.481 e. The average molecular weight is 300 g/mol. The molecule has 1 fully saturated rings. The highest BCUT2D eigenvalue weighted by atomic mass is 32.2. The van der Waals surface area contributed by atoms with E-state index < -0.39 is 5.97 Å². The topological polar surface area (TPSA) is 80.5 Å². The Morgan fingerprint density at radius 1 is 1.50 bits per heavy atom. The Balaban J connectivity index is 1.95. The van der Waals surface area contributed by atoms with Gasteiger partial charge in [-0.25, -0.2) is 0 Å². The second-order valence-electron chi connectivity index (χ2n) is 4.96. The van der Waals surface area contributed by atoms with Gasteiger partial charge in [-0.3, -0.25) is 9.36 Å². The van der Waals surface area contributed by atoms with Crippen molar-refractivity contribution < 1.29 is 14.6 Å². The minimum absolute atomic E-state index is 0.00431. The minimum Gasteiger partial charge on any atom is -0.481 e. The lowest BCUT2D eigenvalue weighted by molar-refractivity contribution is -0.133. The maximum absolute atomic E-state index is 10.6. The molecule has 1 aliphatic rings. The molecule has 0 amide bonds. The Morgan fingerprint density at radius 3 is 2.85 bits per heavy atom. The minimum atomic E-state index is -0.852. The predicted molar refractivity (Wildman–Crippen MR) is 76.2 cm³/mol. The Labute approximate surface area is 122 Å². The van der Waals surface area contributed by atoms with Gasteiger partial charge in [0.25, 0.3) is 0 Å². The molecule has 20 heavy (non-hydrogen) atoms. The van der Waals surface area contributed by atoms with Gasteiger partial charge >= 0.3 is 5.97 Å². The zero-order valence-corrected chi connectivity index (χ0v) is 12.6. The van der Waals surface area contributed by atoms with Crippen molar-refractivity contribution in [3.8, 4) is 0 Å². The number of nitrogens with zero attached hydrogens (tertiary/aromatic N) is 4. The third-order valence-corrected chi connectivity index (χ3v) is 4.36. The first-order valence-corrected chi connectivity index (χ1v) is 7.59. The second kappa shape index (κ2) is 6.94. The summed E-state index contributed by atoms with van der Waals surface area (Å²) in [5.74, 6) is 0.524. The second-order valence-corrected chi connectivity index (χ2v) is 5.90. The number of aromatic nitrogens is 3. The van der Waals surface area contributed by atoms with Crippen LogP contribution in [0.5, 0.6) is 0 Å². The molecule has 1 N–H and O–H groups in total. The van der Waals surface area contributed by atoms with Gasteiger partial charge in [-0.1, -0.05) is 11.8 Å². The first-order valence-electron chi connectivity index (χ1n) is 6.60. The molecule has 112 valence electrons. The lowest BCUT2D eigenvalue weighted by Crippen LogP contribution is -2.31. The van der Waals surface area contributed by atoms with Crippen LogP contribution in [0.25, 0.3) is 0 Å². The molecule has 1 aromatic heterocycles. The number of carboxylic acids is 1. The molecule has 2 heterocycles. The molecular weight excluding hydrogens is 280 g/mol. The van der Waals surface area contributed by atoms with Crippen molar-refractivity contribution >= 4 is 23.7 Å². The van der Waals surface area contributed by atoms with Gasteiger partial charge in [0.2, 0.25) is 5.95 Å². The number of carbonyl (C=O) groups is 1. The number of hydrogen-bond donors (Lipinski definition) is 1. The van der Waals surface area contributed by atoms with Crippen molar-refractivity contribution in [1.82, 2.24) is 14.8 Å². The average Bonchev–Trinajstić information content (AvgIpc) is 2.79. The van der Waals surface area contributed by atoms with Crippen LogP contribution in [0, 0.1) is 5.92 Å². The van der Waals surface area contributed by atoms with Gasteiger partial charge in [-0.15, -0.1) is 10.2 Å². The van der Waals surface area contributed by atoms with Crippen LogP contribution in [0.3, 0.4) is 0 Å². The Morgan fingerprint density at radius 2 is 2.20 bits per heavy atom. The van der Waals surface area contributed by atoms with Gasteiger partial charge in [-0.05, 0) is 18.8 Å². The normalized spacial score (nSPS) is 16.3. The molecule has 0 aliphatic carbocycles. The molecule has 0 aromatic carbocycles. The molecule has 8 heteroatoms. The Kier molecular flexibility index (Phi) is 5.24. The molecule has 2 rings (SSSR count). The summed E-state index contributed by atoms with van der Waals surface area (Å²) < 4.78 is 7.20. The van der Waals surface area contributed by atoms with E-state index in [0.717, 1.165) is 38.5 Å². The van der Waals surface area contributed by atoms with Crippen LogP contribution in [0.4, 0.5) is 5.95 Å². The van der Waals surface area contributed by atoms with Crippen LogP contribution in [-0.4, -0.2) is 58.4 Å². The number of ether oxygens (including phenoxy) is 1. The van der Waals surface area contributed by atoms with Gasteiger partial charge in [0.05, 0.1) is 5.75 Å². The number of anilines is 1. The SMILES string of the molecule is CN(CC1CCOCC1)c1nnc(SCC(=O)O)n1C. The van der Waals surface area contributed by atoms with Crippen LogP contribution in [-0.2, 0) is 16.6 Å². The predicted octanol–water partition coefficient (Wildman–Crippen LogP) is 0.855.